The number of thiophene rings is 1. The summed E-state index contributed by atoms with van der Waals surface area (Å²) in [7, 11) is 1.86. The Labute approximate surface area is 129 Å². The average molecular weight is 305 g/mol. The molecule has 3 heterocycles. The van der Waals surface area contributed by atoms with Gasteiger partial charge in [-0.2, -0.15) is 4.98 Å². The van der Waals surface area contributed by atoms with Crippen molar-refractivity contribution >= 4 is 33.3 Å². The Morgan fingerprint density at radius 1 is 1.43 bits per heavy atom. The Kier molecular flexibility index (Phi) is 4.26. The first-order valence-corrected chi connectivity index (χ1v) is 8.46. The van der Waals surface area contributed by atoms with Crippen LogP contribution in [-0.4, -0.2) is 47.6 Å². The highest BCUT2D eigenvalue weighted by Crippen LogP contribution is 2.30. The van der Waals surface area contributed by atoms with Crippen LogP contribution < -0.4 is 10.6 Å². The number of nitrogens with one attached hydrogen (secondary N) is 2. The maximum Gasteiger partial charge on any atom is 0.225 e. The van der Waals surface area contributed by atoms with Crippen LogP contribution >= 0.6 is 11.3 Å². The molecule has 6 heteroatoms. The zero-order chi connectivity index (χ0) is 14.8. The Morgan fingerprint density at radius 2 is 2.29 bits per heavy atom. The number of aromatic nitrogens is 2. The molecular formula is C15H23N5S. The monoisotopic (exact) mass is 305 g/mol. The summed E-state index contributed by atoms with van der Waals surface area (Å²) in [4.78, 5) is 14.0. The minimum atomic E-state index is 0.623. The standard InChI is InChI=1S/C15H23N5S/c1-4-20-7-5-6-11(20)9-17-13-12-8-10(2)21-14(12)19-15(16-3)18-13/h8,11H,4-7,9H2,1-3H3,(H2,16,17,18,19). The van der Waals surface area contributed by atoms with Gasteiger partial charge in [0.15, 0.2) is 0 Å². The van der Waals surface area contributed by atoms with Gasteiger partial charge >= 0.3 is 0 Å². The van der Waals surface area contributed by atoms with Crippen LogP contribution in [0.15, 0.2) is 6.07 Å². The minimum Gasteiger partial charge on any atom is -0.368 e. The fraction of sp³-hybridized carbons (Fsp3) is 0.600. The van der Waals surface area contributed by atoms with Crippen molar-refractivity contribution in [2.45, 2.75) is 32.7 Å². The quantitative estimate of drug-likeness (QED) is 0.889. The smallest absolute Gasteiger partial charge is 0.225 e. The normalized spacial score (nSPS) is 19.3. The molecule has 114 valence electrons. The van der Waals surface area contributed by atoms with E-state index in [4.69, 9.17) is 0 Å². The van der Waals surface area contributed by atoms with Crippen molar-refractivity contribution in [3.8, 4) is 0 Å². The van der Waals surface area contributed by atoms with E-state index in [1.807, 2.05) is 7.05 Å². The Bertz CT molecular complexity index is 624. The first-order chi connectivity index (χ1) is 10.2. The molecule has 0 amide bonds. The number of anilines is 2. The summed E-state index contributed by atoms with van der Waals surface area (Å²) in [5.74, 6) is 1.64. The average Bonchev–Trinajstić information content (AvgIpc) is 3.09. The molecular weight excluding hydrogens is 282 g/mol. The van der Waals surface area contributed by atoms with Crippen molar-refractivity contribution in [1.29, 1.82) is 0 Å². The molecule has 0 aliphatic carbocycles. The molecule has 2 aromatic heterocycles. The molecule has 1 aliphatic heterocycles. The number of fused-ring (bicyclic) bond motifs is 1. The van der Waals surface area contributed by atoms with E-state index in [9.17, 15) is 0 Å². The van der Waals surface area contributed by atoms with Gasteiger partial charge < -0.3 is 10.6 Å². The van der Waals surface area contributed by atoms with Crippen LogP contribution in [0, 0.1) is 6.92 Å². The number of hydrogen-bond donors (Lipinski definition) is 2. The van der Waals surface area contributed by atoms with E-state index >= 15 is 0 Å². The molecule has 1 unspecified atom stereocenters. The van der Waals surface area contributed by atoms with Gasteiger partial charge in [0.05, 0.1) is 5.39 Å². The Morgan fingerprint density at radius 3 is 3.05 bits per heavy atom. The van der Waals surface area contributed by atoms with E-state index < -0.39 is 0 Å². The Hall–Kier alpha value is -1.40. The summed E-state index contributed by atoms with van der Waals surface area (Å²) in [5, 5.41) is 7.74. The Balaban J connectivity index is 1.82. The molecule has 0 aromatic carbocycles. The van der Waals surface area contributed by atoms with Crippen LogP contribution in [0.5, 0.6) is 0 Å². The third kappa shape index (κ3) is 2.96. The van der Waals surface area contributed by atoms with Crippen LogP contribution in [0.3, 0.4) is 0 Å². The number of aryl methyl sites for hydroxylation is 1. The van der Waals surface area contributed by atoms with Crippen molar-refractivity contribution in [3.63, 3.8) is 0 Å². The lowest BCUT2D eigenvalue weighted by molar-refractivity contribution is 0.277. The van der Waals surface area contributed by atoms with Crippen molar-refractivity contribution in [1.82, 2.24) is 14.9 Å². The largest absolute Gasteiger partial charge is 0.368 e. The molecule has 2 N–H and O–H groups in total. The van der Waals surface area contributed by atoms with Gasteiger partial charge in [0.2, 0.25) is 5.95 Å². The van der Waals surface area contributed by atoms with Gasteiger partial charge in [0.25, 0.3) is 0 Å². The van der Waals surface area contributed by atoms with Gasteiger partial charge in [-0.3, -0.25) is 4.90 Å². The van der Waals surface area contributed by atoms with Crippen LogP contribution in [-0.2, 0) is 0 Å². The van der Waals surface area contributed by atoms with E-state index in [2.05, 4.69) is 45.4 Å². The SMILES string of the molecule is CCN1CCCC1CNc1nc(NC)nc2sc(C)cc12. The van der Waals surface area contributed by atoms with Crippen molar-refractivity contribution < 1.29 is 0 Å². The minimum absolute atomic E-state index is 0.623. The topological polar surface area (TPSA) is 53.1 Å². The highest BCUT2D eigenvalue weighted by Gasteiger charge is 2.23. The van der Waals surface area contributed by atoms with Crippen molar-refractivity contribution in [2.75, 3.05) is 37.3 Å². The van der Waals surface area contributed by atoms with Crippen LogP contribution in [0.2, 0.25) is 0 Å². The van der Waals surface area contributed by atoms with Gasteiger partial charge in [0, 0.05) is 24.5 Å². The second-order valence-corrected chi connectivity index (χ2v) is 6.76. The zero-order valence-corrected chi connectivity index (χ0v) is 13.8. The second kappa shape index (κ2) is 6.15. The van der Waals surface area contributed by atoms with E-state index in [1.165, 1.54) is 24.3 Å². The van der Waals surface area contributed by atoms with E-state index in [-0.39, 0.29) is 0 Å². The lowest BCUT2D eigenvalue weighted by Gasteiger charge is -2.23. The fourth-order valence-electron chi connectivity index (χ4n) is 3.05. The number of likely N-dealkylation sites (N-methyl/N-ethyl adjacent to an activating group) is 1. The van der Waals surface area contributed by atoms with Gasteiger partial charge in [-0.05, 0) is 38.9 Å². The molecule has 21 heavy (non-hydrogen) atoms. The number of likely N-dealkylation sites (tertiary alicyclic amines) is 1. The summed E-state index contributed by atoms with van der Waals surface area (Å²) >= 11 is 1.72. The second-order valence-electron chi connectivity index (χ2n) is 5.53. The highest BCUT2D eigenvalue weighted by molar-refractivity contribution is 7.18. The molecule has 5 nitrogen and oxygen atoms in total. The maximum atomic E-state index is 4.60. The first kappa shape index (κ1) is 14.5. The zero-order valence-electron chi connectivity index (χ0n) is 12.9. The van der Waals surface area contributed by atoms with Crippen molar-refractivity contribution in [2.24, 2.45) is 0 Å². The molecule has 3 rings (SSSR count). The number of hydrogen-bond acceptors (Lipinski definition) is 6. The molecule has 0 bridgehead atoms. The molecule has 0 saturated carbocycles. The van der Waals surface area contributed by atoms with Crippen molar-refractivity contribution in [3.05, 3.63) is 10.9 Å². The molecule has 0 spiro atoms. The van der Waals surface area contributed by atoms with E-state index in [1.54, 1.807) is 11.3 Å². The molecule has 1 saturated heterocycles. The predicted molar refractivity (Wildman–Crippen MR) is 90.5 cm³/mol. The lowest BCUT2D eigenvalue weighted by atomic mass is 10.2. The first-order valence-electron chi connectivity index (χ1n) is 7.65. The molecule has 1 fully saturated rings. The summed E-state index contributed by atoms with van der Waals surface area (Å²) in [6.07, 6.45) is 2.58. The maximum absolute atomic E-state index is 4.60. The predicted octanol–water partition coefficient (Wildman–Crippen LogP) is 2.94. The summed E-state index contributed by atoms with van der Waals surface area (Å²) in [5.41, 5.74) is 0. The highest BCUT2D eigenvalue weighted by atomic mass is 32.1. The summed E-state index contributed by atoms with van der Waals surface area (Å²) in [6.45, 7) is 7.66. The van der Waals surface area contributed by atoms with Crippen LogP contribution in [0.1, 0.15) is 24.6 Å². The van der Waals surface area contributed by atoms with Gasteiger partial charge in [-0.25, -0.2) is 4.98 Å². The third-order valence-corrected chi connectivity index (χ3v) is 5.09. The summed E-state index contributed by atoms with van der Waals surface area (Å²) < 4.78 is 0. The van der Waals surface area contributed by atoms with Gasteiger partial charge in [-0.1, -0.05) is 6.92 Å². The molecule has 0 radical (unpaired) electrons. The number of rotatable bonds is 5. The van der Waals surface area contributed by atoms with Crippen LogP contribution in [0.25, 0.3) is 10.2 Å². The lowest BCUT2D eigenvalue weighted by Crippen LogP contribution is -2.34. The van der Waals surface area contributed by atoms with Gasteiger partial charge in [0.1, 0.15) is 10.6 Å². The third-order valence-electron chi connectivity index (χ3n) is 4.15. The summed E-state index contributed by atoms with van der Waals surface area (Å²) in [6, 6.07) is 2.80. The van der Waals surface area contributed by atoms with Gasteiger partial charge in [-0.15, -0.1) is 11.3 Å². The number of nitrogens with zero attached hydrogens (tertiary/aromatic N) is 3. The molecule has 1 atom stereocenters. The van der Waals surface area contributed by atoms with Crippen LogP contribution in [0.4, 0.5) is 11.8 Å². The fourth-order valence-corrected chi connectivity index (χ4v) is 3.93. The molecule has 1 aliphatic rings. The van der Waals surface area contributed by atoms with E-state index in [0.717, 1.165) is 29.1 Å². The van der Waals surface area contributed by atoms with E-state index in [0.29, 0.717) is 12.0 Å². The molecule has 2 aromatic rings.